The van der Waals surface area contributed by atoms with Gasteiger partial charge in [0.15, 0.2) is 0 Å². The molecule has 1 fully saturated rings. The normalized spacial score (nSPS) is 16.0. The van der Waals surface area contributed by atoms with Crippen molar-refractivity contribution in [1.82, 2.24) is 4.90 Å². The molecule has 1 aromatic carbocycles. The van der Waals surface area contributed by atoms with Crippen LogP contribution < -0.4 is 0 Å². The lowest BCUT2D eigenvalue weighted by Gasteiger charge is -2.15. The van der Waals surface area contributed by atoms with E-state index in [0.717, 1.165) is 31.0 Å². The van der Waals surface area contributed by atoms with Crippen LogP contribution in [0.5, 0.6) is 0 Å². The molecule has 0 spiro atoms. The van der Waals surface area contributed by atoms with Crippen LogP contribution in [0.4, 0.5) is 4.39 Å². The van der Waals surface area contributed by atoms with Crippen LogP contribution in [-0.4, -0.2) is 32.3 Å². The third kappa shape index (κ3) is 2.81. The smallest absolute Gasteiger partial charge is 0.261 e. The molecular formula is C11H11ClFNO3S. The summed E-state index contributed by atoms with van der Waals surface area (Å²) in [7, 11) is 1.10. The summed E-state index contributed by atoms with van der Waals surface area (Å²) in [5.41, 5.74) is 0.0103. The molecule has 0 atom stereocenters. The van der Waals surface area contributed by atoms with E-state index in [-0.39, 0.29) is 11.5 Å². The van der Waals surface area contributed by atoms with Crippen LogP contribution in [0.1, 0.15) is 23.2 Å². The topological polar surface area (TPSA) is 54.5 Å². The number of rotatable bonds is 2. The van der Waals surface area contributed by atoms with Crippen LogP contribution in [0.15, 0.2) is 23.1 Å². The molecule has 1 aliphatic rings. The quantitative estimate of drug-likeness (QED) is 0.783. The third-order valence-electron chi connectivity index (χ3n) is 2.79. The molecule has 0 N–H and O–H groups in total. The Morgan fingerprint density at radius 1 is 1.22 bits per heavy atom. The van der Waals surface area contributed by atoms with Gasteiger partial charge in [0, 0.05) is 29.3 Å². The summed E-state index contributed by atoms with van der Waals surface area (Å²) in [4.78, 5) is 13.2. The average Bonchev–Trinajstić information content (AvgIpc) is 2.79. The SMILES string of the molecule is O=C(c1cc(F)cc(S(=O)(=O)Cl)c1)N1CCCC1. The Hall–Kier alpha value is -1.14. The van der Waals surface area contributed by atoms with Gasteiger partial charge in [-0.25, -0.2) is 12.8 Å². The minimum atomic E-state index is -4.04. The van der Waals surface area contributed by atoms with Crippen molar-refractivity contribution in [2.75, 3.05) is 13.1 Å². The fraction of sp³-hybridized carbons (Fsp3) is 0.364. The molecule has 4 nitrogen and oxygen atoms in total. The summed E-state index contributed by atoms with van der Waals surface area (Å²) in [5.74, 6) is -1.16. The zero-order chi connectivity index (χ0) is 13.3. The molecule has 98 valence electrons. The maximum atomic E-state index is 13.3. The lowest BCUT2D eigenvalue weighted by Crippen LogP contribution is -2.27. The first-order chi connectivity index (χ1) is 8.38. The summed E-state index contributed by atoms with van der Waals surface area (Å²) < 4.78 is 35.6. The zero-order valence-corrected chi connectivity index (χ0v) is 11.0. The molecule has 7 heteroatoms. The largest absolute Gasteiger partial charge is 0.339 e. The lowest BCUT2D eigenvalue weighted by molar-refractivity contribution is 0.0792. The van der Waals surface area contributed by atoms with Gasteiger partial charge in [0.25, 0.3) is 15.0 Å². The fourth-order valence-electron chi connectivity index (χ4n) is 1.93. The van der Waals surface area contributed by atoms with E-state index in [2.05, 4.69) is 0 Å². The summed E-state index contributed by atoms with van der Waals surface area (Å²) in [6, 6.07) is 2.92. The third-order valence-corrected chi connectivity index (χ3v) is 4.13. The predicted molar refractivity (Wildman–Crippen MR) is 64.6 cm³/mol. The van der Waals surface area contributed by atoms with E-state index >= 15 is 0 Å². The Morgan fingerprint density at radius 3 is 2.39 bits per heavy atom. The standard InChI is InChI=1S/C11H11ClFNO3S/c12-18(16,17)10-6-8(5-9(13)7-10)11(15)14-3-1-2-4-14/h5-7H,1-4H2. The summed E-state index contributed by atoms with van der Waals surface area (Å²) in [6.07, 6.45) is 1.81. The molecule has 0 aliphatic carbocycles. The monoisotopic (exact) mass is 291 g/mol. The summed E-state index contributed by atoms with van der Waals surface area (Å²) >= 11 is 0. The molecule has 1 amide bonds. The van der Waals surface area contributed by atoms with Gasteiger partial charge in [-0.2, -0.15) is 0 Å². The molecule has 1 aromatic rings. The van der Waals surface area contributed by atoms with Crippen molar-refractivity contribution in [3.63, 3.8) is 0 Å². The van der Waals surface area contributed by atoms with E-state index in [0.29, 0.717) is 13.1 Å². The number of nitrogens with zero attached hydrogens (tertiary/aromatic N) is 1. The predicted octanol–water partition coefficient (Wildman–Crippen LogP) is 1.99. The van der Waals surface area contributed by atoms with E-state index in [4.69, 9.17) is 10.7 Å². The number of halogens is 2. The van der Waals surface area contributed by atoms with Crippen LogP contribution in [-0.2, 0) is 9.05 Å². The number of carbonyl (C=O) groups excluding carboxylic acids is 1. The molecule has 2 rings (SSSR count). The van der Waals surface area contributed by atoms with Crippen LogP contribution >= 0.6 is 10.7 Å². The van der Waals surface area contributed by atoms with Gasteiger partial charge in [-0.15, -0.1) is 0 Å². The highest BCUT2D eigenvalue weighted by molar-refractivity contribution is 8.13. The molecule has 1 aliphatic heterocycles. The maximum Gasteiger partial charge on any atom is 0.261 e. The molecule has 0 radical (unpaired) electrons. The van der Waals surface area contributed by atoms with Crippen molar-refractivity contribution in [2.45, 2.75) is 17.7 Å². The number of carbonyl (C=O) groups is 1. The van der Waals surface area contributed by atoms with Gasteiger partial charge < -0.3 is 4.90 Å². The minimum absolute atomic E-state index is 0.0103. The van der Waals surface area contributed by atoms with E-state index in [1.807, 2.05) is 0 Å². The maximum absolute atomic E-state index is 13.3. The van der Waals surface area contributed by atoms with Crippen LogP contribution in [0, 0.1) is 5.82 Å². The average molecular weight is 292 g/mol. The van der Waals surface area contributed by atoms with Crippen LogP contribution in [0.25, 0.3) is 0 Å². The number of hydrogen-bond acceptors (Lipinski definition) is 3. The van der Waals surface area contributed by atoms with Crippen molar-refractivity contribution in [2.24, 2.45) is 0 Å². The zero-order valence-electron chi connectivity index (χ0n) is 9.40. The number of amides is 1. The second-order valence-electron chi connectivity index (χ2n) is 4.11. The Morgan fingerprint density at radius 2 is 1.83 bits per heavy atom. The van der Waals surface area contributed by atoms with Crippen LogP contribution in [0.2, 0.25) is 0 Å². The highest BCUT2D eigenvalue weighted by Crippen LogP contribution is 2.20. The van der Waals surface area contributed by atoms with Gasteiger partial charge in [-0.1, -0.05) is 0 Å². The number of likely N-dealkylation sites (tertiary alicyclic amines) is 1. The molecule has 0 bridgehead atoms. The molecule has 0 saturated carbocycles. The van der Waals surface area contributed by atoms with E-state index < -0.39 is 19.8 Å². The fourth-order valence-corrected chi connectivity index (χ4v) is 2.72. The highest BCUT2D eigenvalue weighted by Gasteiger charge is 2.22. The summed E-state index contributed by atoms with van der Waals surface area (Å²) in [5, 5.41) is 0. The van der Waals surface area contributed by atoms with Crippen molar-refractivity contribution in [3.8, 4) is 0 Å². The van der Waals surface area contributed by atoms with Crippen molar-refractivity contribution in [1.29, 1.82) is 0 Å². The molecule has 1 heterocycles. The van der Waals surface area contributed by atoms with Gasteiger partial charge in [0.2, 0.25) is 0 Å². The van der Waals surface area contributed by atoms with Gasteiger partial charge in [0.1, 0.15) is 5.82 Å². The first-order valence-electron chi connectivity index (χ1n) is 5.42. The van der Waals surface area contributed by atoms with Crippen molar-refractivity contribution >= 4 is 25.6 Å². The van der Waals surface area contributed by atoms with Crippen molar-refractivity contribution in [3.05, 3.63) is 29.6 Å². The molecule has 0 unspecified atom stereocenters. The second-order valence-corrected chi connectivity index (χ2v) is 6.68. The minimum Gasteiger partial charge on any atom is -0.339 e. The van der Waals surface area contributed by atoms with Gasteiger partial charge >= 0.3 is 0 Å². The van der Waals surface area contributed by atoms with E-state index in [9.17, 15) is 17.6 Å². The highest BCUT2D eigenvalue weighted by atomic mass is 35.7. The molecular weight excluding hydrogens is 281 g/mol. The van der Waals surface area contributed by atoms with Crippen molar-refractivity contribution < 1.29 is 17.6 Å². The van der Waals surface area contributed by atoms with E-state index in [1.165, 1.54) is 0 Å². The summed E-state index contributed by atoms with van der Waals surface area (Å²) in [6.45, 7) is 1.22. The lowest BCUT2D eigenvalue weighted by atomic mass is 10.2. The molecule has 0 aromatic heterocycles. The van der Waals surface area contributed by atoms with Gasteiger partial charge in [0.05, 0.1) is 4.90 Å². The Balaban J connectivity index is 2.39. The Labute approximate surface area is 109 Å². The molecule has 1 saturated heterocycles. The number of benzene rings is 1. The second kappa shape index (κ2) is 4.85. The first kappa shape index (κ1) is 13.3. The Kier molecular flexibility index (Phi) is 3.59. The molecule has 18 heavy (non-hydrogen) atoms. The van der Waals surface area contributed by atoms with Crippen LogP contribution in [0.3, 0.4) is 0 Å². The van der Waals surface area contributed by atoms with Gasteiger partial charge in [-0.05, 0) is 31.0 Å². The van der Waals surface area contributed by atoms with Gasteiger partial charge in [-0.3, -0.25) is 4.79 Å². The Bertz CT molecular complexity index is 582. The van der Waals surface area contributed by atoms with E-state index in [1.54, 1.807) is 4.90 Å². The first-order valence-corrected chi connectivity index (χ1v) is 7.73. The number of hydrogen-bond donors (Lipinski definition) is 0.